The zero-order valence-corrected chi connectivity index (χ0v) is 29.4. The third-order valence-corrected chi connectivity index (χ3v) is 11.9. The van der Waals surface area contributed by atoms with Gasteiger partial charge >= 0.3 is 0 Å². The van der Waals surface area contributed by atoms with Crippen LogP contribution in [0.1, 0.15) is 48.3 Å². The second kappa shape index (κ2) is 14.3. The van der Waals surface area contributed by atoms with Crippen molar-refractivity contribution >= 4 is 38.2 Å². The van der Waals surface area contributed by atoms with E-state index in [4.69, 9.17) is 9.47 Å². The van der Waals surface area contributed by atoms with E-state index >= 15 is 0 Å². The fraction of sp³-hybridized carbons (Fsp3) is 0.300. The highest BCUT2D eigenvalue weighted by Gasteiger charge is 2.50. The molecule has 3 aliphatic heterocycles. The van der Waals surface area contributed by atoms with E-state index in [1.54, 1.807) is 42.6 Å². The van der Waals surface area contributed by atoms with Crippen molar-refractivity contribution in [3.8, 4) is 0 Å². The molecule has 268 valence electrons. The number of carbonyl (C=O) groups excluding carboxylic acids is 1. The van der Waals surface area contributed by atoms with E-state index in [1.165, 1.54) is 0 Å². The summed E-state index contributed by atoms with van der Waals surface area (Å²) in [5, 5.41) is 13.4. The summed E-state index contributed by atoms with van der Waals surface area (Å²) in [6, 6.07) is 33.6. The number of sulfonamides is 1. The molecule has 0 bridgehead atoms. The lowest BCUT2D eigenvalue weighted by atomic mass is 9.85. The van der Waals surface area contributed by atoms with Crippen molar-refractivity contribution in [3.05, 3.63) is 132 Å². The van der Waals surface area contributed by atoms with Gasteiger partial charge in [-0.2, -0.15) is 0 Å². The van der Waals surface area contributed by atoms with Gasteiger partial charge in [-0.1, -0.05) is 72.8 Å². The van der Waals surface area contributed by atoms with Crippen LogP contribution >= 0.6 is 0 Å². The zero-order chi connectivity index (χ0) is 35.7. The van der Waals surface area contributed by atoms with Gasteiger partial charge in [0, 0.05) is 54.6 Å². The number of benzene rings is 4. The van der Waals surface area contributed by atoms with Crippen LogP contribution < -0.4 is 14.9 Å². The van der Waals surface area contributed by atoms with E-state index < -0.39 is 21.9 Å². The largest absolute Gasteiger partial charge is 0.392 e. The fourth-order valence-electron chi connectivity index (χ4n) is 7.71. The van der Waals surface area contributed by atoms with Crippen LogP contribution in [-0.2, 0) is 30.9 Å². The number of nitrogens with zero attached hydrogens (tertiary/aromatic N) is 3. The third-order valence-electron chi connectivity index (χ3n) is 10.5. The number of fused-ring (bicyclic) bond motifs is 1. The zero-order valence-electron chi connectivity index (χ0n) is 28.6. The van der Waals surface area contributed by atoms with Crippen LogP contribution in [0.4, 0.5) is 11.4 Å². The van der Waals surface area contributed by atoms with E-state index in [1.807, 2.05) is 60.7 Å². The van der Waals surface area contributed by atoms with Gasteiger partial charge in [-0.3, -0.25) is 14.5 Å². The average molecular weight is 720 g/mol. The Kier molecular flexibility index (Phi) is 9.41. The number of para-hydroxylation sites is 2. The summed E-state index contributed by atoms with van der Waals surface area (Å²) in [6.07, 6.45) is 2.30. The molecule has 0 radical (unpaired) electrons. The number of hydrogen-bond acceptors (Lipinski definition) is 9. The Bertz CT molecular complexity index is 2150. The van der Waals surface area contributed by atoms with Crippen molar-refractivity contribution in [1.29, 1.82) is 0 Å². The summed E-state index contributed by atoms with van der Waals surface area (Å²) >= 11 is 0. The molecule has 3 atom stereocenters. The molecule has 8 rings (SSSR count). The predicted octanol–water partition coefficient (Wildman–Crippen LogP) is 5.50. The van der Waals surface area contributed by atoms with Crippen LogP contribution in [0.3, 0.4) is 0 Å². The predicted molar refractivity (Wildman–Crippen MR) is 198 cm³/mol. The van der Waals surface area contributed by atoms with Gasteiger partial charge in [0.15, 0.2) is 6.29 Å². The standard InChI is InChI=1S/C40H41N5O6S/c46-26-28-14-16-29(17-15-28)35-24-34(25-44-21-18-40(19-22-44)39(47)42-27-45(40)33-11-2-1-3-12-33)50-38(51-35)31-8-4-10-32(23-31)43-52(48,49)36-13-5-7-30-9-6-20-41-37(30)36/h1-17,20,23,34-35,38,43,46H,18-19,21-22,24-27H2,(H,42,47). The van der Waals surface area contributed by atoms with E-state index in [2.05, 4.69) is 37.0 Å². The molecule has 0 saturated carbocycles. The maximum absolute atomic E-state index is 13.6. The number of aromatic nitrogens is 1. The molecule has 5 aromatic rings. The van der Waals surface area contributed by atoms with Gasteiger partial charge in [0.1, 0.15) is 10.4 Å². The van der Waals surface area contributed by atoms with Crippen LogP contribution in [0.25, 0.3) is 10.9 Å². The number of hydrogen-bond donors (Lipinski definition) is 3. The number of anilines is 2. The summed E-state index contributed by atoms with van der Waals surface area (Å²) in [4.78, 5) is 22.2. The molecule has 3 N–H and O–H groups in total. The summed E-state index contributed by atoms with van der Waals surface area (Å²) in [6.45, 7) is 2.57. The first-order valence-corrected chi connectivity index (χ1v) is 19.1. The molecule has 3 aliphatic rings. The van der Waals surface area contributed by atoms with Crippen LogP contribution in [-0.4, -0.2) is 67.3 Å². The van der Waals surface area contributed by atoms with Crippen molar-refractivity contribution in [2.45, 2.75) is 54.8 Å². The molecule has 4 heterocycles. The number of pyridine rings is 1. The quantitative estimate of drug-likeness (QED) is 0.181. The number of likely N-dealkylation sites (tertiary alicyclic amines) is 1. The Balaban J connectivity index is 1.01. The number of rotatable bonds is 9. The van der Waals surface area contributed by atoms with Gasteiger partial charge in [-0.05, 0) is 60.4 Å². The molecule has 4 aromatic carbocycles. The molecule has 3 saturated heterocycles. The number of aliphatic hydroxyl groups excluding tert-OH is 1. The summed E-state index contributed by atoms with van der Waals surface area (Å²) in [5.41, 5.74) is 3.69. The first-order chi connectivity index (χ1) is 25.3. The third kappa shape index (κ3) is 6.75. The lowest BCUT2D eigenvalue weighted by Gasteiger charge is -2.45. The molecule has 11 nitrogen and oxygen atoms in total. The Morgan fingerprint density at radius 1 is 0.885 bits per heavy atom. The summed E-state index contributed by atoms with van der Waals surface area (Å²) < 4.78 is 43.2. The first kappa shape index (κ1) is 34.2. The molecule has 3 unspecified atom stereocenters. The smallest absolute Gasteiger partial charge is 0.264 e. The Hall–Kier alpha value is -4.85. The molecule has 1 amide bonds. The second-order valence-corrected chi connectivity index (χ2v) is 15.3. The van der Waals surface area contributed by atoms with Crippen LogP contribution in [0.5, 0.6) is 0 Å². The monoisotopic (exact) mass is 719 g/mol. The molecular weight excluding hydrogens is 679 g/mol. The minimum atomic E-state index is -3.97. The Labute approximate surface area is 303 Å². The first-order valence-electron chi connectivity index (χ1n) is 17.6. The Morgan fingerprint density at radius 3 is 2.44 bits per heavy atom. The number of piperidine rings is 1. The van der Waals surface area contributed by atoms with Crippen molar-refractivity contribution in [3.63, 3.8) is 0 Å². The highest BCUT2D eigenvalue weighted by atomic mass is 32.2. The topological polar surface area (TPSA) is 133 Å². The van der Waals surface area contributed by atoms with Gasteiger partial charge < -0.3 is 29.7 Å². The van der Waals surface area contributed by atoms with Gasteiger partial charge in [-0.15, -0.1) is 0 Å². The van der Waals surface area contributed by atoms with E-state index in [0.717, 1.165) is 35.3 Å². The molecule has 1 spiro atoms. The minimum Gasteiger partial charge on any atom is -0.392 e. The number of amides is 1. The SMILES string of the molecule is O=C1NCN(c2ccccc2)C12CCN(CC1CC(c3ccc(CO)cc3)OC(c3cccc(NS(=O)(=O)c4cccc5cccnc45)c3)O1)CC2. The lowest BCUT2D eigenvalue weighted by molar-refractivity contribution is -0.253. The second-order valence-electron chi connectivity index (χ2n) is 13.7. The number of ether oxygens (including phenoxy) is 2. The maximum atomic E-state index is 13.6. The molecule has 12 heteroatoms. The van der Waals surface area contributed by atoms with Crippen molar-refractivity contribution in [2.75, 3.05) is 35.9 Å². The van der Waals surface area contributed by atoms with E-state index in [0.29, 0.717) is 49.2 Å². The van der Waals surface area contributed by atoms with Gasteiger partial charge in [-0.25, -0.2) is 8.42 Å². The van der Waals surface area contributed by atoms with Crippen LogP contribution in [0.2, 0.25) is 0 Å². The van der Waals surface area contributed by atoms with Gasteiger partial charge in [0.25, 0.3) is 10.0 Å². The lowest BCUT2D eigenvalue weighted by Crippen LogP contribution is -2.57. The van der Waals surface area contributed by atoms with Crippen LogP contribution in [0.15, 0.2) is 120 Å². The normalized spacial score (nSPS) is 22.1. The molecule has 1 aromatic heterocycles. The van der Waals surface area contributed by atoms with Crippen LogP contribution in [0, 0.1) is 0 Å². The maximum Gasteiger partial charge on any atom is 0.264 e. The summed E-state index contributed by atoms with van der Waals surface area (Å²) in [7, 11) is -3.97. The van der Waals surface area contributed by atoms with Crippen molar-refractivity contribution < 1.29 is 27.8 Å². The molecule has 0 aliphatic carbocycles. The molecule has 3 fully saturated rings. The van der Waals surface area contributed by atoms with Crippen molar-refractivity contribution in [2.24, 2.45) is 0 Å². The number of aliphatic hydroxyl groups is 1. The van der Waals surface area contributed by atoms with Crippen molar-refractivity contribution in [1.82, 2.24) is 15.2 Å². The highest BCUT2D eigenvalue weighted by molar-refractivity contribution is 7.93. The molecule has 52 heavy (non-hydrogen) atoms. The number of nitrogens with one attached hydrogen (secondary N) is 2. The highest BCUT2D eigenvalue weighted by Crippen LogP contribution is 2.41. The number of carbonyl (C=O) groups is 1. The fourth-order valence-corrected chi connectivity index (χ4v) is 8.94. The summed E-state index contributed by atoms with van der Waals surface area (Å²) in [5.74, 6) is 0.0805. The Morgan fingerprint density at radius 2 is 1.65 bits per heavy atom. The van der Waals surface area contributed by atoms with E-state index in [-0.39, 0.29) is 29.6 Å². The van der Waals surface area contributed by atoms with Gasteiger partial charge in [0.05, 0.1) is 31.0 Å². The molecular formula is C40H41N5O6S. The van der Waals surface area contributed by atoms with E-state index in [9.17, 15) is 18.3 Å². The van der Waals surface area contributed by atoms with Gasteiger partial charge in [0.2, 0.25) is 5.91 Å². The average Bonchev–Trinajstić information content (AvgIpc) is 3.49. The minimum absolute atomic E-state index is 0.0477.